The summed E-state index contributed by atoms with van der Waals surface area (Å²) in [6, 6.07) is 11.5. The standard InChI is InChI=1S/C23H30N2O5S/c1-26-18-10-8-17(9-11-18)24-23(31)25(15-19-6-5-13-30-19)14-16-7-12-20(27-2)22(29-4)21(16)28-3/h7-12,19H,5-6,13-15H2,1-4H3,(H,24,31). The summed E-state index contributed by atoms with van der Waals surface area (Å²) in [5, 5.41) is 3.93. The molecule has 0 radical (unpaired) electrons. The van der Waals surface area contributed by atoms with Gasteiger partial charge < -0.3 is 33.9 Å². The minimum absolute atomic E-state index is 0.141. The topological polar surface area (TPSA) is 61.4 Å². The lowest BCUT2D eigenvalue weighted by Crippen LogP contribution is -2.39. The van der Waals surface area contributed by atoms with Crippen LogP contribution in [0.4, 0.5) is 5.69 Å². The molecule has 0 amide bonds. The van der Waals surface area contributed by atoms with Crippen molar-refractivity contribution in [2.24, 2.45) is 0 Å². The fourth-order valence-corrected chi connectivity index (χ4v) is 3.88. The molecule has 1 atom stereocenters. The summed E-state index contributed by atoms with van der Waals surface area (Å²) < 4.78 is 27.7. The first kappa shape index (κ1) is 23.0. The second kappa shape index (κ2) is 11.1. The van der Waals surface area contributed by atoms with Crippen molar-refractivity contribution in [1.82, 2.24) is 4.90 Å². The third kappa shape index (κ3) is 5.71. The van der Waals surface area contributed by atoms with E-state index in [1.807, 2.05) is 36.4 Å². The fraction of sp³-hybridized carbons (Fsp3) is 0.435. The molecule has 31 heavy (non-hydrogen) atoms. The molecule has 1 unspecified atom stereocenters. The fourth-order valence-electron chi connectivity index (χ4n) is 3.62. The molecule has 1 aliphatic rings. The van der Waals surface area contributed by atoms with E-state index < -0.39 is 0 Å². The zero-order valence-corrected chi connectivity index (χ0v) is 19.3. The summed E-state index contributed by atoms with van der Waals surface area (Å²) in [6.07, 6.45) is 2.23. The Balaban J connectivity index is 1.83. The summed E-state index contributed by atoms with van der Waals surface area (Å²) >= 11 is 5.77. The largest absolute Gasteiger partial charge is 0.497 e. The molecule has 1 saturated heterocycles. The average Bonchev–Trinajstić information content (AvgIpc) is 3.31. The van der Waals surface area contributed by atoms with E-state index in [9.17, 15) is 0 Å². The van der Waals surface area contributed by atoms with Crippen LogP contribution in [0.25, 0.3) is 0 Å². The van der Waals surface area contributed by atoms with Crippen molar-refractivity contribution in [3.63, 3.8) is 0 Å². The van der Waals surface area contributed by atoms with Gasteiger partial charge in [-0.1, -0.05) is 0 Å². The average molecular weight is 447 g/mol. The Hall–Kier alpha value is -2.71. The minimum atomic E-state index is 0.141. The van der Waals surface area contributed by atoms with E-state index >= 15 is 0 Å². The highest BCUT2D eigenvalue weighted by atomic mass is 32.1. The van der Waals surface area contributed by atoms with E-state index in [0.717, 1.165) is 36.4 Å². The van der Waals surface area contributed by atoms with Gasteiger partial charge in [-0.2, -0.15) is 0 Å². The van der Waals surface area contributed by atoms with Crippen LogP contribution < -0.4 is 24.3 Å². The van der Waals surface area contributed by atoms with Crippen molar-refractivity contribution in [3.05, 3.63) is 42.0 Å². The van der Waals surface area contributed by atoms with Gasteiger partial charge in [-0.15, -0.1) is 0 Å². The molecule has 7 nitrogen and oxygen atoms in total. The van der Waals surface area contributed by atoms with E-state index in [2.05, 4.69) is 10.2 Å². The van der Waals surface area contributed by atoms with Gasteiger partial charge in [-0.3, -0.25) is 0 Å². The van der Waals surface area contributed by atoms with Gasteiger partial charge in [-0.05, 0) is 61.5 Å². The molecule has 0 spiro atoms. The molecule has 1 N–H and O–H groups in total. The zero-order chi connectivity index (χ0) is 22.2. The predicted octanol–water partition coefficient (Wildman–Crippen LogP) is 4.10. The van der Waals surface area contributed by atoms with E-state index in [0.29, 0.717) is 35.5 Å². The van der Waals surface area contributed by atoms with Crippen molar-refractivity contribution >= 4 is 23.0 Å². The zero-order valence-electron chi connectivity index (χ0n) is 18.5. The molecule has 8 heteroatoms. The molecule has 168 valence electrons. The molecule has 0 saturated carbocycles. The highest BCUT2D eigenvalue weighted by Gasteiger charge is 2.24. The Morgan fingerprint density at radius 2 is 1.74 bits per heavy atom. The molecule has 2 aromatic rings. The van der Waals surface area contributed by atoms with Crippen LogP contribution in [-0.2, 0) is 11.3 Å². The van der Waals surface area contributed by atoms with Crippen molar-refractivity contribution in [1.29, 1.82) is 0 Å². The monoisotopic (exact) mass is 446 g/mol. The normalized spacial score (nSPS) is 15.3. The van der Waals surface area contributed by atoms with Crippen LogP contribution in [0.5, 0.6) is 23.0 Å². The number of hydrogen-bond acceptors (Lipinski definition) is 6. The highest BCUT2D eigenvalue weighted by Crippen LogP contribution is 2.40. The molecule has 0 bridgehead atoms. The number of hydrogen-bond donors (Lipinski definition) is 1. The lowest BCUT2D eigenvalue weighted by atomic mass is 10.1. The summed E-state index contributed by atoms with van der Waals surface area (Å²) in [4.78, 5) is 2.10. The number of benzene rings is 2. The Kier molecular flexibility index (Phi) is 8.20. The van der Waals surface area contributed by atoms with Crippen molar-refractivity contribution in [2.75, 3.05) is 46.9 Å². The Bertz CT molecular complexity index is 869. The predicted molar refractivity (Wildman–Crippen MR) is 125 cm³/mol. The van der Waals surface area contributed by atoms with Gasteiger partial charge in [0, 0.05) is 30.9 Å². The lowest BCUT2D eigenvalue weighted by molar-refractivity contribution is 0.0903. The quantitative estimate of drug-likeness (QED) is 0.578. The number of nitrogens with one attached hydrogen (secondary N) is 1. The smallest absolute Gasteiger partial charge is 0.203 e. The molecule has 1 heterocycles. The molecule has 0 aliphatic carbocycles. The summed E-state index contributed by atoms with van der Waals surface area (Å²) in [5.41, 5.74) is 1.83. The second-order valence-electron chi connectivity index (χ2n) is 7.17. The van der Waals surface area contributed by atoms with Crippen LogP contribution in [0.1, 0.15) is 18.4 Å². The van der Waals surface area contributed by atoms with Gasteiger partial charge in [0.2, 0.25) is 5.75 Å². The maximum absolute atomic E-state index is 5.87. The van der Waals surface area contributed by atoms with E-state index in [1.54, 1.807) is 28.4 Å². The molecule has 1 aliphatic heterocycles. The van der Waals surface area contributed by atoms with Crippen LogP contribution >= 0.6 is 12.2 Å². The van der Waals surface area contributed by atoms with E-state index in [4.69, 9.17) is 35.9 Å². The van der Waals surface area contributed by atoms with E-state index in [-0.39, 0.29) is 6.10 Å². The third-order valence-corrected chi connectivity index (χ3v) is 5.58. The maximum Gasteiger partial charge on any atom is 0.203 e. The molecule has 0 aromatic heterocycles. The van der Waals surface area contributed by atoms with Crippen LogP contribution in [0.2, 0.25) is 0 Å². The van der Waals surface area contributed by atoms with E-state index in [1.165, 1.54) is 0 Å². The number of nitrogens with zero attached hydrogens (tertiary/aromatic N) is 1. The van der Waals surface area contributed by atoms with Gasteiger partial charge >= 0.3 is 0 Å². The van der Waals surface area contributed by atoms with Crippen molar-refractivity contribution in [3.8, 4) is 23.0 Å². The van der Waals surface area contributed by atoms with Gasteiger partial charge in [-0.25, -0.2) is 0 Å². The molecular formula is C23H30N2O5S. The molecule has 2 aromatic carbocycles. The molecular weight excluding hydrogens is 416 g/mol. The summed E-state index contributed by atoms with van der Waals surface area (Å²) in [6.45, 7) is 2.00. The number of methoxy groups -OCH3 is 4. The first-order chi connectivity index (χ1) is 15.1. The third-order valence-electron chi connectivity index (χ3n) is 5.22. The lowest BCUT2D eigenvalue weighted by Gasteiger charge is -2.29. The second-order valence-corrected chi connectivity index (χ2v) is 7.55. The summed E-state index contributed by atoms with van der Waals surface area (Å²) in [7, 11) is 6.48. The van der Waals surface area contributed by atoms with Gasteiger partial charge in [0.25, 0.3) is 0 Å². The first-order valence-corrected chi connectivity index (χ1v) is 10.6. The Morgan fingerprint density at radius 3 is 2.32 bits per heavy atom. The van der Waals surface area contributed by atoms with Crippen LogP contribution in [0, 0.1) is 0 Å². The van der Waals surface area contributed by atoms with Crippen molar-refractivity contribution < 1.29 is 23.7 Å². The molecule has 3 rings (SSSR count). The van der Waals surface area contributed by atoms with Crippen molar-refractivity contribution in [2.45, 2.75) is 25.5 Å². The highest BCUT2D eigenvalue weighted by molar-refractivity contribution is 7.80. The van der Waals surface area contributed by atoms with Crippen LogP contribution in [0.3, 0.4) is 0 Å². The summed E-state index contributed by atoms with van der Waals surface area (Å²) in [5.74, 6) is 2.61. The maximum atomic E-state index is 5.87. The number of ether oxygens (including phenoxy) is 5. The Morgan fingerprint density at radius 1 is 1.00 bits per heavy atom. The number of thiocarbonyl (C=S) groups is 1. The number of rotatable bonds is 9. The van der Waals surface area contributed by atoms with Crippen LogP contribution in [-0.4, -0.2) is 57.7 Å². The van der Waals surface area contributed by atoms with Gasteiger partial charge in [0.1, 0.15) is 5.75 Å². The van der Waals surface area contributed by atoms with Gasteiger partial charge in [0.15, 0.2) is 16.6 Å². The van der Waals surface area contributed by atoms with Gasteiger partial charge in [0.05, 0.1) is 34.5 Å². The first-order valence-electron chi connectivity index (χ1n) is 10.2. The minimum Gasteiger partial charge on any atom is -0.497 e. The Labute approximate surface area is 189 Å². The van der Waals surface area contributed by atoms with Crippen LogP contribution in [0.15, 0.2) is 36.4 Å². The number of anilines is 1. The molecule has 1 fully saturated rings. The SMILES string of the molecule is COc1ccc(NC(=S)N(Cc2ccc(OC)c(OC)c2OC)CC2CCCO2)cc1.